The maximum Gasteiger partial charge on any atom is 0.138 e. The molecule has 3 heteroatoms. The first-order chi connectivity index (χ1) is 11.3. The number of hydrogen-bond acceptors (Lipinski definition) is 3. The molecule has 120 valence electrons. The van der Waals surface area contributed by atoms with Crippen LogP contribution in [0.15, 0.2) is 54.6 Å². The van der Waals surface area contributed by atoms with Crippen molar-refractivity contribution in [2.45, 2.75) is 31.7 Å². The second-order valence-corrected chi connectivity index (χ2v) is 6.05. The van der Waals surface area contributed by atoms with E-state index in [-0.39, 0.29) is 12.0 Å². The molecule has 0 aromatic heterocycles. The number of para-hydroxylation sites is 2. The van der Waals surface area contributed by atoms with Gasteiger partial charge in [-0.05, 0) is 31.0 Å². The Balaban J connectivity index is 1.97. The second kappa shape index (κ2) is 7.32. The van der Waals surface area contributed by atoms with Gasteiger partial charge in [-0.3, -0.25) is 4.79 Å². The van der Waals surface area contributed by atoms with Crippen LogP contribution in [0.25, 0.3) is 0 Å². The predicted molar refractivity (Wildman–Crippen MR) is 92.8 cm³/mol. The van der Waals surface area contributed by atoms with Crippen molar-refractivity contribution < 1.29 is 9.53 Å². The van der Waals surface area contributed by atoms with Crippen LogP contribution < -0.4 is 10.1 Å². The summed E-state index contributed by atoms with van der Waals surface area (Å²) in [5, 5.41) is 3.57. The zero-order valence-corrected chi connectivity index (χ0v) is 13.5. The van der Waals surface area contributed by atoms with Gasteiger partial charge in [-0.15, -0.1) is 0 Å². The van der Waals surface area contributed by atoms with Gasteiger partial charge in [0.2, 0.25) is 0 Å². The molecule has 0 bridgehead atoms. The van der Waals surface area contributed by atoms with Crippen molar-refractivity contribution in [1.29, 1.82) is 0 Å². The molecule has 2 aromatic carbocycles. The van der Waals surface area contributed by atoms with Crippen LogP contribution in [0.4, 0.5) is 5.69 Å². The first kappa shape index (κ1) is 15.6. The van der Waals surface area contributed by atoms with Crippen LogP contribution in [0.5, 0.6) is 5.75 Å². The fraction of sp³-hybridized carbons (Fsp3) is 0.350. The van der Waals surface area contributed by atoms with Gasteiger partial charge in [-0.1, -0.05) is 42.8 Å². The van der Waals surface area contributed by atoms with Gasteiger partial charge in [-0.25, -0.2) is 0 Å². The predicted octanol–water partition coefficient (Wildman–Crippen LogP) is 4.61. The number of rotatable bonds is 5. The van der Waals surface area contributed by atoms with E-state index < -0.39 is 0 Å². The van der Waals surface area contributed by atoms with E-state index in [1.807, 2.05) is 48.5 Å². The standard InChI is InChI=1S/C20H23NO2/c1-23-19-14-8-6-12-17(19)20(16-11-5-7-13-18(16)22)21-15-9-3-2-4-10-15/h2-4,6,8-10,12,14,16,20-21H,5,7,11,13H2,1H3/t16-,20-/m1/s1. The number of ketones is 1. The third-order valence-corrected chi connectivity index (χ3v) is 4.57. The highest BCUT2D eigenvalue weighted by molar-refractivity contribution is 5.83. The lowest BCUT2D eigenvalue weighted by molar-refractivity contribution is -0.125. The van der Waals surface area contributed by atoms with E-state index in [9.17, 15) is 4.79 Å². The Morgan fingerprint density at radius 3 is 2.52 bits per heavy atom. The first-order valence-electron chi connectivity index (χ1n) is 8.27. The molecule has 3 rings (SSSR count). The van der Waals surface area contributed by atoms with Crippen molar-refractivity contribution in [2.24, 2.45) is 5.92 Å². The van der Waals surface area contributed by atoms with Crippen molar-refractivity contribution in [3.63, 3.8) is 0 Å². The van der Waals surface area contributed by atoms with Crippen molar-refractivity contribution >= 4 is 11.5 Å². The molecule has 1 saturated carbocycles. The second-order valence-electron chi connectivity index (χ2n) is 6.05. The van der Waals surface area contributed by atoms with Gasteiger partial charge in [0.25, 0.3) is 0 Å². The highest BCUT2D eigenvalue weighted by Crippen LogP contribution is 2.38. The molecule has 1 fully saturated rings. The summed E-state index contributed by atoms with van der Waals surface area (Å²) in [6.45, 7) is 0. The van der Waals surface area contributed by atoms with Gasteiger partial charge >= 0.3 is 0 Å². The van der Waals surface area contributed by atoms with Gasteiger partial charge in [-0.2, -0.15) is 0 Å². The van der Waals surface area contributed by atoms with Gasteiger partial charge in [0, 0.05) is 23.6 Å². The van der Waals surface area contributed by atoms with Crippen LogP contribution in [-0.4, -0.2) is 12.9 Å². The van der Waals surface area contributed by atoms with E-state index in [0.29, 0.717) is 12.2 Å². The van der Waals surface area contributed by atoms with E-state index >= 15 is 0 Å². The first-order valence-corrected chi connectivity index (χ1v) is 8.27. The summed E-state index contributed by atoms with van der Waals surface area (Å²) in [6.07, 6.45) is 3.74. The van der Waals surface area contributed by atoms with Gasteiger partial charge in [0.05, 0.1) is 13.2 Å². The van der Waals surface area contributed by atoms with Crippen LogP contribution in [0.3, 0.4) is 0 Å². The van der Waals surface area contributed by atoms with E-state index in [4.69, 9.17) is 4.74 Å². The van der Waals surface area contributed by atoms with Gasteiger partial charge < -0.3 is 10.1 Å². The summed E-state index contributed by atoms with van der Waals surface area (Å²) >= 11 is 0. The highest BCUT2D eigenvalue weighted by Gasteiger charge is 2.32. The maximum absolute atomic E-state index is 12.5. The van der Waals surface area contributed by atoms with Crippen LogP contribution in [0.1, 0.15) is 37.3 Å². The Bertz CT molecular complexity index is 654. The Hall–Kier alpha value is -2.29. The Labute approximate surface area is 137 Å². The zero-order valence-electron chi connectivity index (χ0n) is 13.5. The average Bonchev–Trinajstić information content (AvgIpc) is 2.61. The molecule has 0 saturated heterocycles. The summed E-state index contributed by atoms with van der Waals surface area (Å²) in [7, 11) is 1.68. The molecule has 2 aromatic rings. The lowest BCUT2D eigenvalue weighted by Crippen LogP contribution is -2.30. The molecule has 23 heavy (non-hydrogen) atoms. The van der Waals surface area contributed by atoms with E-state index in [2.05, 4.69) is 11.4 Å². The minimum absolute atomic E-state index is 0.000237. The summed E-state index contributed by atoms with van der Waals surface area (Å²) in [5.41, 5.74) is 2.08. The molecule has 1 aliphatic rings. The molecule has 0 unspecified atom stereocenters. The molecular formula is C20H23NO2. The topological polar surface area (TPSA) is 38.3 Å². The van der Waals surface area contributed by atoms with Gasteiger partial charge in [0.1, 0.15) is 11.5 Å². The van der Waals surface area contributed by atoms with Crippen LogP contribution in [-0.2, 0) is 4.79 Å². The van der Waals surface area contributed by atoms with E-state index in [1.54, 1.807) is 7.11 Å². The number of methoxy groups -OCH3 is 1. The largest absolute Gasteiger partial charge is 0.496 e. The molecule has 3 nitrogen and oxygen atoms in total. The zero-order chi connectivity index (χ0) is 16.1. The lowest BCUT2D eigenvalue weighted by Gasteiger charge is -2.31. The molecular weight excluding hydrogens is 286 g/mol. The normalized spacial score (nSPS) is 19.2. The molecule has 0 radical (unpaired) electrons. The number of ether oxygens (including phenoxy) is 1. The Kier molecular flexibility index (Phi) is 4.96. The number of benzene rings is 2. The summed E-state index contributed by atoms with van der Waals surface area (Å²) in [5.74, 6) is 1.19. The van der Waals surface area contributed by atoms with Gasteiger partial charge in [0.15, 0.2) is 0 Å². The minimum atomic E-state index is -0.0543. The number of nitrogens with one attached hydrogen (secondary N) is 1. The molecule has 1 aliphatic carbocycles. The number of carbonyl (C=O) groups excluding carboxylic acids is 1. The van der Waals surface area contributed by atoms with Crippen molar-refractivity contribution in [2.75, 3.05) is 12.4 Å². The van der Waals surface area contributed by atoms with E-state index in [0.717, 1.165) is 36.3 Å². The lowest BCUT2D eigenvalue weighted by atomic mass is 9.79. The number of anilines is 1. The summed E-state index contributed by atoms with van der Waals surface area (Å²) in [4.78, 5) is 12.5. The Morgan fingerprint density at radius 2 is 1.78 bits per heavy atom. The third-order valence-electron chi connectivity index (χ3n) is 4.57. The summed E-state index contributed by atoms with van der Waals surface area (Å²) in [6, 6.07) is 18.0. The maximum atomic E-state index is 12.5. The molecule has 2 atom stereocenters. The molecule has 0 aliphatic heterocycles. The summed E-state index contributed by atoms with van der Waals surface area (Å²) < 4.78 is 5.54. The third kappa shape index (κ3) is 3.55. The molecule has 1 N–H and O–H groups in total. The van der Waals surface area contributed by atoms with E-state index in [1.165, 1.54) is 0 Å². The fourth-order valence-electron chi connectivity index (χ4n) is 3.39. The van der Waals surface area contributed by atoms with Crippen molar-refractivity contribution in [1.82, 2.24) is 0 Å². The van der Waals surface area contributed by atoms with Crippen molar-refractivity contribution in [3.05, 3.63) is 60.2 Å². The van der Waals surface area contributed by atoms with Crippen LogP contribution >= 0.6 is 0 Å². The average molecular weight is 309 g/mol. The monoisotopic (exact) mass is 309 g/mol. The minimum Gasteiger partial charge on any atom is -0.496 e. The smallest absolute Gasteiger partial charge is 0.138 e. The fourth-order valence-corrected chi connectivity index (χ4v) is 3.39. The highest BCUT2D eigenvalue weighted by atomic mass is 16.5. The quantitative estimate of drug-likeness (QED) is 0.876. The number of Topliss-reactive ketones (excluding diaryl/α,β-unsaturated/α-hetero) is 1. The molecule has 0 amide bonds. The van der Waals surface area contributed by atoms with Crippen LogP contribution in [0.2, 0.25) is 0 Å². The Morgan fingerprint density at radius 1 is 1.04 bits per heavy atom. The number of hydrogen-bond donors (Lipinski definition) is 1. The SMILES string of the molecule is COc1ccccc1[C@H](Nc1ccccc1)[C@@H]1CCCCC1=O. The van der Waals surface area contributed by atoms with Crippen molar-refractivity contribution in [3.8, 4) is 5.75 Å². The molecule has 0 heterocycles. The molecule has 0 spiro atoms. The number of carbonyl (C=O) groups is 1. The van der Waals surface area contributed by atoms with Crippen LogP contribution in [0, 0.1) is 5.92 Å².